The van der Waals surface area contributed by atoms with Crippen molar-refractivity contribution in [3.05, 3.63) is 47.3 Å². The quantitative estimate of drug-likeness (QED) is 0.475. The van der Waals surface area contributed by atoms with Crippen LogP contribution in [0.15, 0.2) is 40.9 Å². The Morgan fingerprint density at radius 1 is 1.11 bits per heavy atom. The maximum atomic E-state index is 13.4. The lowest BCUT2D eigenvalue weighted by Crippen LogP contribution is -2.40. The summed E-state index contributed by atoms with van der Waals surface area (Å²) in [6.07, 6.45) is 5.95. The number of furan rings is 1. The van der Waals surface area contributed by atoms with Crippen molar-refractivity contribution in [3.8, 4) is 0 Å². The highest BCUT2D eigenvalue weighted by Gasteiger charge is 2.34. The predicted octanol–water partition coefficient (Wildman–Crippen LogP) is 4.92. The standard InChI is InChI=1S/C27H30ClN5O4/c1-32(2)19-5-3-6-20-23(19)24(25(37-20)27(36)30-21-13-10-17(28)15-29-21)31-26(35)16-8-11-18(12-9-16)33-14-4-7-22(33)34/h3,5-6,10,13,15-16,18H,4,7-9,11-12,14H2,1-2H3,(H,31,35)(H,29,30,36). The minimum atomic E-state index is -0.526. The Morgan fingerprint density at radius 3 is 2.54 bits per heavy atom. The van der Waals surface area contributed by atoms with Gasteiger partial charge in [0, 0.05) is 50.9 Å². The zero-order chi connectivity index (χ0) is 26.1. The molecular weight excluding hydrogens is 494 g/mol. The van der Waals surface area contributed by atoms with Crippen molar-refractivity contribution in [1.82, 2.24) is 9.88 Å². The number of fused-ring (bicyclic) bond motifs is 1. The molecule has 10 heteroatoms. The molecule has 0 bridgehead atoms. The molecule has 2 aliphatic rings. The van der Waals surface area contributed by atoms with E-state index in [0.29, 0.717) is 46.8 Å². The molecule has 3 aromatic rings. The topological polar surface area (TPSA) is 108 Å². The summed E-state index contributed by atoms with van der Waals surface area (Å²) in [5.74, 6) is -0.344. The molecule has 9 nitrogen and oxygen atoms in total. The fourth-order valence-electron chi connectivity index (χ4n) is 5.34. The summed E-state index contributed by atoms with van der Waals surface area (Å²) < 4.78 is 5.98. The number of amides is 3. The molecule has 37 heavy (non-hydrogen) atoms. The lowest BCUT2D eigenvalue weighted by molar-refractivity contribution is -0.130. The van der Waals surface area contributed by atoms with Crippen LogP contribution in [0.4, 0.5) is 17.2 Å². The van der Waals surface area contributed by atoms with Crippen LogP contribution < -0.4 is 15.5 Å². The average molecular weight is 524 g/mol. The Kier molecular flexibility index (Phi) is 7.06. The maximum Gasteiger partial charge on any atom is 0.294 e. The fourth-order valence-corrected chi connectivity index (χ4v) is 5.45. The summed E-state index contributed by atoms with van der Waals surface area (Å²) in [5, 5.41) is 6.86. The molecule has 0 unspecified atom stereocenters. The van der Waals surface area contributed by atoms with Crippen molar-refractivity contribution < 1.29 is 18.8 Å². The molecule has 1 aromatic carbocycles. The second-order valence-electron chi connectivity index (χ2n) is 9.85. The highest BCUT2D eigenvalue weighted by molar-refractivity contribution is 6.30. The van der Waals surface area contributed by atoms with E-state index >= 15 is 0 Å². The largest absolute Gasteiger partial charge is 0.449 e. The first-order valence-electron chi connectivity index (χ1n) is 12.6. The molecular formula is C27H30ClN5O4. The number of halogens is 1. The van der Waals surface area contributed by atoms with Gasteiger partial charge in [-0.2, -0.15) is 0 Å². The molecule has 3 heterocycles. The molecule has 2 N–H and O–H groups in total. The van der Waals surface area contributed by atoms with Gasteiger partial charge >= 0.3 is 0 Å². The van der Waals surface area contributed by atoms with Crippen LogP contribution >= 0.6 is 11.6 Å². The third kappa shape index (κ3) is 5.13. The van der Waals surface area contributed by atoms with Gasteiger partial charge in [-0.1, -0.05) is 17.7 Å². The SMILES string of the molecule is CN(C)c1cccc2oc(C(=O)Nc3ccc(Cl)cn3)c(NC(=O)C3CCC(N4CCCC4=O)CC3)c12. The third-order valence-corrected chi connectivity index (χ3v) is 7.44. The van der Waals surface area contributed by atoms with Crippen molar-refractivity contribution >= 4 is 57.5 Å². The van der Waals surface area contributed by atoms with Gasteiger partial charge in [-0.05, 0) is 56.4 Å². The number of aromatic nitrogens is 1. The van der Waals surface area contributed by atoms with E-state index in [1.807, 2.05) is 36.0 Å². The number of rotatable bonds is 6. The molecule has 1 aliphatic carbocycles. The van der Waals surface area contributed by atoms with E-state index in [-0.39, 0.29) is 29.5 Å². The Hall–Kier alpha value is -3.59. The first-order chi connectivity index (χ1) is 17.8. The Labute approximate surface area is 220 Å². The van der Waals surface area contributed by atoms with Gasteiger partial charge in [-0.25, -0.2) is 4.98 Å². The number of anilines is 3. The van der Waals surface area contributed by atoms with Crippen LogP contribution in [-0.4, -0.2) is 54.3 Å². The van der Waals surface area contributed by atoms with Crippen LogP contribution in [0.1, 0.15) is 49.1 Å². The van der Waals surface area contributed by atoms with Crippen LogP contribution in [-0.2, 0) is 9.59 Å². The third-order valence-electron chi connectivity index (χ3n) is 7.22. The normalized spacial score (nSPS) is 19.8. The summed E-state index contributed by atoms with van der Waals surface area (Å²) in [4.78, 5) is 46.9. The zero-order valence-electron chi connectivity index (χ0n) is 20.9. The van der Waals surface area contributed by atoms with Gasteiger partial charge in [-0.3, -0.25) is 14.4 Å². The van der Waals surface area contributed by atoms with Crippen LogP contribution in [0.2, 0.25) is 5.02 Å². The van der Waals surface area contributed by atoms with Gasteiger partial charge in [0.2, 0.25) is 17.6 Å². The van der Waals surface area contributed by atoms with Gasteiger partial charge in [0.15, 0.2) is 0 Å². The van der Waals surface area contributed by atoms with E-state index in [1.54, 1.807) is 18.2 Å². The number of carbonyl (C=O) groups excluding carboxylic acids is 3. The van der Waals surface area contributed by atoms with Gasteiger partial charge in [0.1, 0.15) is 17.1 Å². The first kappa shape index (κ1) is 25.1. The van der Waals surface area contributed by atoms with Crippen LogP contribution in [0.5, 0.6) is 0 Å². The number of nitrogens with one attached hydrogen (secondary N) is 2. The molecule has 194 valence electrons. The molecule has 1 aliphatic heterocycles. The molecule has 2 fully saturated rings. The number of benzene rings is 1. The van der Waals surface area contributed by atoms with Gasteiger partial charge < -0.3 is 24.9 Å². The summed E-state index contributed by atoms with van der Waals surface area (Å²) in [5.41, 5.74) is 1.65. The van der Waals surface area contributed by atoms with Gasteiger partial charge in [0.25, 0.3) is 5.91 Å². The summed E-state index contributed by atoms with van der Waals surface area (Å²) >= 11 is 5.91. The molecule has 0 atom stereocenters. The van der Waals surface area contributed by atoms with Crippen molar-refractivity contribution in [3.63, 3.8) is 0 Å². The number of pyridine rings is 1. The summed E-state index contributed by atoms with van der Waals surface area (Å²) in [6.45, 7) is 0.815. The average Bonchev–Trinajstić information content (AvgIpc) is 3.49. The van der Waals surface area contributed by atoms with Crippen molar-refractivity contribution in [2.24, 2.45) is 5.92 Å². The van der Waals surface area contributed by atoms with Crippen molar-refractivity contribution in [1.29, 1.82) is 0 Å². The van der Waals surface area contributed by atoms with Crippen molar-refractivity contribution in [2.75, 3.05) is 36.2 Å². The fraction of sp³-hybridized carbons (Fsp3) is 0.407. The van der Waals surface area contributed by atoms with E-state index in [9.17, 15) is 14.4 Å². The van der Waals surface area contributed by atoms with Gasteiger partial charge in [0.05, 0.1) is 10.4 Å². The molecule has 1 saturated carbocycles. The number of hydrogen-bond donors (Lipinski definition) is 2. The second-order valence-corrected chi connectivity index (χ2v) is 10.3. The van der Waals surface area contributed by atoms with E-state index in [1.165, 1.54) is 6.20 Å². The lowest BCUT2D eigenvalue weighted by atomic mass is 9.84. The molecule has 2 aromatic heterocycles. The highest BCUT2D eigenvalue weighted by Crippen LogP contribution is 2.39. The first-order valence-corrected chi connectivity index (χ1v) is 13.0. The summed E-state index contributed by atoms with van der Waals surface area (Å²) in [6, 6.07) is 8.96. The van der Waals surface area contributed by atoms with Gasteiger partial charge in [-0.15, -0.1) is 0 Å². The summed E-state index contributed by atoms with van der Waals surface area (Å²) in [7, 11) is 3.79. The lowest BCUT2D eigenvalue weighted by Gasteiger charge is -2.34. The number of likely N-dealkylation sites (tertiary alicyclic amines) is 1. The van der Waals surface area contributed by atoms with E-state index < -0.39 is 5.91 Å². The number of hydrogen-bond acceptors (Lipinski definition) is 6. The predicted molar refractivity (Wildman–Crippen MR) is 143 cm³/mol. The zero-order valence-corrected chi connectivity index (χ0v) is 21.7. The minimum absolute atomic E-state index is 0.00532. The smallest absolute Gasteiger partial charge is 0.294 e. The molecule has 5 rings (SSSR count). The maximum absolute atomic E-state index is 13.4. The van der Waals surface area contributed by atoms with Crippen LogP contribution in [0.25, 0.3) is 11.0 Å². The van der Waals surface area contributed by atoms with Crippen LogP contribution in [0.3, 0.4) is 0 Å². The van der Waals surface area contributed by atoms with E-state index in [0.717, 1.165) is 31.5 Å². The number of nitrogens with zero attached hydrogens (tertiary/aromatic N) is 3. The Balaban J connectivity index is 1.40. The Morgan fingerprint density at radius 2 is 1.89 bits per heavy atom. The number of carbonyl (C=O) groups is 3. The van der Waals surface area contributed by atoms with E-state index in [4.69, 9.17) is 16.0 Å². The Bertz CT molecular complexity index is 1330. The van der Waals surface area contributed by atoms with Crippen LogP contribution in [0, 0.1) is 5.92 Å². The molecule has 3 amide bonds. The molecule has 0 spiro atoms. The van der Waals surface area contributed by atoms with E-state index in [2.05, 4.69) is 15.6 Å². The second kappa shape index (κ2) is 10.4. The molecule has 0 radical (unpaired) electrons. The minimum Gasteiger partial charge on any atom is -0.449 e. The highest BCUT2D eigenvalue weighted by atomic mass is 35.5. The monoisotopic (exact) mass is 523 g/mol. The van der Waals surface area contributed by atoms with Crippen molar-refractivity contribution in [2.45, 2.75) is 44.6 Å². The molecule has 1 saturated heterocycles.